The molecular weight excluding hydrogens is 407 g/mol. The third-order valence-corrected chi connectivity index (χ3v) is 12.1. The Balaban J connectivity index is 1.16. The maximum Gasteiger partial charge on any atom is 0.123 e. The Hall–Kier alpha value is -1.41. The fraction of sp³-hybridized carbons (Fsp3) is 0.600. The minimum atomic E-state index is -0.342. The summed E-state index contributed by atoms with van der Waals surface area (Å²) in [6, 6.07) is 20.8. The van der Waals surface area contributed by atoms with Gasteiger partial charge in [0.15, 0.2) is 0 Å². The lowest BCUT2D eigenvalue weighted by atomic mass is 9.76. The van der Waals surface area contributed by atoms with Gasteiger partial charge in [-0.3, -0.25) is 0 Å². The van der Waals surface area contributed by atoms with Crippen LogP contribution in [0, 0.1) is 17.7 Å². The second kappa shape index (κ2) is 12.2. The molecule has 2 heteroatoms. The minimum Gasteiger partial charge on any atom is -0.207 e. The van der Waals surface area contributed by atoms with Crippen LogP contribution in [0.5, 0.6) is 0 Å². The summed E-state index contributed by atoms with van der Waals surface area (Å²) in [5.74, 6) is 2.60. The highest BCUT2D eigenvalue weighted by Gasteiger charge is 2.25. The van der Waals surface area contributed by atoms with E-state index in [4.69, 9.17) is 0 Å². The van der Waals surface area contributed by atoms with Crippen molar-refractivity contribution in [1.29, 1.82) is 0 Å². The molecule has 0 nitrogen and oxygen atoms in total. The van der Waals surface area contributed by atoms with Gasteiger partial charge in [-0.15, -0.1) is 0 Å². The maximum absolute atomic E-state index is 13.2. The second-order valence-electron chi connectivity index (χ2n) is 10.8. The molecule has 0 amide bonds. The molecule has 32 heavy (non-hydrogen) atoms. The Morgan fingerprint density at radius 2 is 1.28 bits per heavy atom. The monoisotopic (exact) mass is 450 g/mol. The molecule has 1 saturated heterocycles. The average molecular weight is 451 g/mol. The molecule has 1 aliphatic heterocycles. The topological polar surface area (TPSA) is 0 Å². The van der Waals surface area contributed by atoms with Crippen molar-refractivity contribution < 1.29 is 4.39 Å². The zero-order valence-corrected chi connectivity index (χ0v) is 21.4. The van der Waals surface area contributed by atoms with Crippen LogP contribution in [0.15, 0.2) is 48.5 Å². The first-order chi connectivity index (χ1) is 15.7. The Morgan fingerprint density at radius 1 is 0.719 bits per heavy atom. The Labute approximate surface area is 197 Å². The summed E-state index contributed by atoms with van der Waals surface area (Å²) in [5.41, 5.74) is 3.78. The molecule has 2 aliphatic rings. The predicted molar refractivity (Wildman–Crippen MR) is 140 cm³/mol. The number of halogens is 1. The van der Waals surface area contributed by atoms with Crippen LogP contribution in [0.25, 0.3) is 11.1 Å². The summed E-state index contributed by atoms with van der Waals surface area (Å²) >= 11 is 0. The van der Waals surface area contributed by atoms with Crippen molar-refractivity contribution >= 4 is 8.80 Å². The first-order valence-corrected chi connectivity index (χ1v) is 16.0. The van der Waals surface area contributed by atoms with Crippen LogP contribution in [-0.2, 0) is 0 Å². The summed E-state index contributed by atoms with van der Waals surface area (Å²) < 4.78 is 13.2. The number of benzene rings is 2. The number of hydrogen-bond donors (Lipinski definition) is 0. The summed E-state index contributed by atoms with van der Waals surface area (Å²) in [4.78, 5) is 0. The summed E-state index contributed by atoms with van der Waals surface area (Å²) in [6.45, 7) is 2.33. The van der Waals surface area contributed by atoms with E-state index in [-0.39, 0.29) is 14.6 Å². The Morgan fingerprint density at radius 3 is 1.88 bits per heavy atom. The van der Waals surface area contributed by atoms with Crippen molar-refractivity contribution in [3.63, 3.8) is 0 Å². The molecule has 174 valence electrons. The molecule has 0 N–H and O–H groups in total. The van der Waals surface area contributed by atoms with Gasteiger partial charge >= 0.3 is 0 Å². The molecule has 0 atom stereocenters. The third kappa shape index (κ3) is 6.79. The molecule has 0 bridgehead atoms. The fourth-order valence-electron chi connectivity index (χ4n) is 6.34. The fourth-order valence-corrected chi connectivity index (χ4v) is 9.96. The molecule has 2 fully saturated rings. The molecule has 0 unspecified atom stereocenters. The molecule has 1 heterocycles. The lowest BCUT2D eigenvalue weighted by Gasteiger charge is -2.32. The van der Waals surface area contributed by atoms with E-state index in [2.05, 4.69) is 31.2 Å². The van der Waals surface area contributed by atoms with E-state index in [0.29, 0.717) is 0 Å². The molecule has 2 aromatic carbocycles. The molecule has 1 aliphatic carbocycles. The standard InChI is InChI=1S/C30H43FSi/c1-2-3-4-21-32-22-19-25(20-23-32)6-5-24-7-9-26(10-8-24)27-11-13-28(14-12-27)29-15-17-30(31)18-16-29/h11-18,24-26,32H,2-10,19-23H2,1H3/t24-,25?,26-,32?. The van der Waals surface area contributed by atoms with E-state index < -0.39 is 0 Å². The Bertz CT molecular complexity index is 781. The van der Waals surface area contributed by atoms with E-state index in [9.17, 15) is 4.39 Å². The molecule has 0 spiro atoms. The summed E-state index contributed by atoms with van der Waals surface area (Å²) in [7, 11) is -0.342. The number of unbranched alkanes of at least 4 members (excludes halogenated alkanes) is 2. The van der Waals surface area contributed by atoms with Crippen molar-refractivity contribution in [3.8, 4) is 11.1 Å². The predicted octanol–water partition coefficient (Wildman–Crippen LogP) is 9.37. The van der Waals surface area contributed by atoms with Crippen LogP contribution in [0.1, 0.15) is 89.0 Å². The van der Waals surface area contributed by atoms with Gasteiger partial charge in [-0.25, -0.2) is 4.39 Å². The van der Waals surface area contributed by atoms with Gasteiger partial charge < -0.3 is 0 Å². The van der Waals surface area contributed by atoms with Gasteiger partial charge in [0.2, 0.25) is 0 Å². The van der Waals surface area contributed by atoms with Gasteiger partial charge in [-0.05, 0) is 72.3 Å². The van der Waals surface area contributed by atoms with Gasteiger partial charge in [-0.1, -0.05) is 106 Å². The zero-order valence-electron chi connectivity index (χ0n) is 20.2. The SMILES string of the molecule is CCCCC[SiH]1CCC(CC[C@H]2CC[C@H](c3ccc(-c4ccc(F)cc4)cc3)CC2)CC1. The zero-order chi connectivity index (χ0) is 22.2. The minimum absolute atomic E-state index is 0.168. The van der Waals surface area contributed by atoms with E-state index in [1.165, 1.54) is 68.9 Å². The largest absolute Gasteiger partial charge is 0.207 e. The molecule has 1 saturated carbocycles. The van der Waals surface area contributed by atoms with E-state index >= 15 is 0 Å². The molecular formula is C30H43FSi. The van der Waals surface area contributed by atoms with Crippen LogP contribution in [0.3, 0.4) is 0 Å². The van der Waals surface area contributed by atoms with E-state index in [1.54, 1.807) is 43.1 Å². The number of rotatable bonds is 9. The Kier molecular flexibility index (Phi) is 9.02. The quantitative estimate of drug-likeness (QED) is 0.264. The van der Waals surface area contributed by atoms with Crippen molar-refractivity contribution in [3.05, 3.63) is 59.9 Å². The van der Waals surface area contributed by atoms with Gasteiger partial charge in [0.25, 0.3) is 0 Å². The maximum atomic E-state index is 13.2. The third-order valence-electron chi connectivity index (χ3n) is 8.57. The van der Waals surface area contributed by atoms with Gasteiger partial charge in [0, 0.05) is 8.80 Å². The first-order valence-electron chi connectivity index (χ1n) is 13.6. The van der Waals surface area contributed by atoms with Crippen LogP contribution < -0.4 is 0 Å². The number of hydrogen-bond acceptors (Lipinski definition) is 0. The lowest BCUT2D eigenvalue weighted by Crippen LogP contribution is -2.22. The average Bonchev–Trinajstić information content (AvgIpc) is 2.85. The van der Waals surface area contributed by atoms with Crippen LogP contribution in [-0.4, -0.2) is 8.80 Å². The molecule has 0 radical (unpaired) electrons. The van der Waals surface area contributed by atoms with Crippen molar-refractivity contribution in [2.75, 3.05) is 0 Å². The second-order valence-corrected chi connectivity index (χ2v) is 14.3. The highest BCUT2D eigenvalue weighted by molar-refractivity contribution is 6.58. The van der Waals surface area contributed by atoms with Gasteiger partial charge in [-0.2, -0.15) is 0 Å². The van der Waals surface area contributed by atoms with Crippen molar-refractivity contribution in [1.82, 2.24) is 0 Å². The summed E-state index contributed by atoms with van der Waals surface area (Å²) in [5, 5.41) is 0. The highest BCUT2D eigenvalue weighted by atomic mass is 28.3. The van der Waals surface area contributed by atoms with Gasteiger partial charge in [0.1, 0.15) is 5.82 Å². The van der Waals surface area contributed by atoms with Crippen molar-refractivity contribution in [2.45, 2.75) is 102 Å². The van der Waals surface area contributed by atoms with Gasteiger partial charge in [0.05, 0.1) is 0 Å². The van der Waals surface area contributed by atoms with E-state index in [0.717, 1.165) is 23.3 Å². The summed E-state index contributed by atoms with van der Waals surface area (Å²) in [6.07, 6.45) is 16.1. The van der Waals surface area contributed by atoms with Crippen LogP contribution in [0.2, 0.25) is 18.1 Å². The molecule has 2 aromatic rings. The lowest BCUT2D eigenvalue weighted by molar-refractivity contribution is 0.280. The van der Waals surface area contributed by atoms with Crippen LogP contribution in [0.4, 0.5) is 4.39 Å². The first kappa shape index (κ1) is 23.7. The van der Waals surface area contributed by atoms with E-state index in [1.807, 2.05) is 12.1 Å². The normalized spacial score (nSPS) is 26.2. The molecule has 4 rings (SSSR count). The highest BCUT2D eigenvalue weighted by Crippen LogP contribution is 2.40. The van der Waals surface area contributed by atoms with Crippen LogP contribution >= 0.6 is 0 Å². The molecule has 0 aromatic heterocycles. The smallest absolute Gasteiger partial charge is 0.123 e. The van der Waals surface area contributed by atoms with Crippen molar-refractivity contribution in [2.24, 2.45) is 11.8 Å².